The van der Waals surface area contributed by atoms with Gasteiger partial charge in [-0.25, -0.2) is 0 Å². The molecule has 1 saturated heterocycles. The fraction of sp³-hybridized carbons (Fsp3) is 0.778. The van der Waals surface area contributed by atoms with E-state index in [0.717, 1.165) is 25.8 Å². The highest BCUT2D eigenvalue weighted by Gasteiger charge is 2.26. The van der Waals surface area contributed by atoms with Crippen molar-refractivity contribution in [3.8, 4) is 0 Å². The van der Waals surface area contributed by atoms with Gasteiger partial charge in [-0.2, -0.15) is 0 Å². The summed E-state index contributed by atoms with van der Waals surface area (Å²) >= 11 is 0. The molecule has 0 aromatic carbocycles. The standard InChI is InChI=1S/C9H16N2O3/c10-9(14)7-3-1-2-5-11(7)6-4-8(12)13/h7H,1-6H2,(H2,10,14)(H,12,13). The van der Waals surface area contributed by atoms with Crippen LogP contribution in [-0.2, 0) is 9.59 Å². The first kappa shape index (κ1) is 11.0. The second-order valence-corrected chi connectivity index (χ2v) is 3.59. The fourth-order valence-electron chi connectivity index (χ4n) is 1.82. The fourth-order valence-corrected chi connectivity index (χ4v) is 1.82. The lowest BCUT2D eigenvalue weighted by Gasteiger charge is -2.33. The van der Waals surface area contributed by atoms with Gasteiger partial charge in [0.05, 0.1) is 12.5 Å². The molecule has 0 saturated carbocycles. The third-order valence-corrected chi connectivity index (χ3v) is 2.55. The second-order valence-electron chi connectivity index (χ2n) is 3.59. The van der Waals surface area contributed by atoms with Crippen LogP contribution in [0.4, 0.5) is 0 Å². The topological polar surface area (TPSA) is 83.6 Å². The van der Waals surface area contributed by atoms with Crippen LogP contribution in [-0.4, -0.2) is 41.0 Å². The lowest BCUT2D eigenvalue weighted by molar-refractivity contribution is -0.138. The Kier molecular flexibility index (Phi) is 3.88. The largest absolute Gasteiger partial charge is 0.481 e. The Morgan fingerprint density at radius 2 is 2.14 bits per heavy atom. The molecule has 1 heterocycles. The van der Waals surface area contributed by atoms with Crippen LogP contribution in [0.15, 0.2) is 0 Å². The van der Waals surface area contributed by atoms with Crippen LogP contribution in [0.5, 0.6) is 0 Å². The van der Waals surface area contributed by atoms with E-state index in [-0.39, 0.29) is 18.4 Å². The Morgan fingerprint density at radius 1 is 1.43 bits per heavy atom. The maximum absolute atomic E-state index is 11.0. The van der Waals surface area contributed by atoms with Crippen molar-refractivity contribution in [1.82, 2.24) is 4.90 Å². The maximum atomic E-state index is 11.0. The third kappa shape index (κ3) is 2.99. The Hall–Kier alpha value is -1.10. The van der Waals surface area contributed by atoms with Crippen LogP contribution < -0.4 is 5.73 Å². The molecular weight excluding hydrogens is 184 g/mol. The van der Waals surface area contributed by atoms with Gasteiger partial charge in [-0.15, -0.1) is 0 Å². The van der Waals surface area contributed by atoms with E-state index in [1.807, 2.05) is 4.90 Å². The number of primary amides is 1. The van der Waals surface area contributed by atoms with E-state index in [2.05, 4.69) is 0 Å². The molecule has 0 spiro atoms. The molecule has 1 aliphatic heterocycles. The van der Waals surface area contributed by atoms with Crippen molar-refractivity contribution < 1.29 is 14.7 Å². The smallest absolute Gasteiger partial charge is 0.304 e. The van der Waals surface area contributed by atoms with Crippen molar-refractivity contribution >= 4 is 11.9 Å². The molecule has 0 aromatic rings. The van der Waals surface area contributed by atoms with Gasteiger partial charge in [0.1, 0.15) is 0 Å². The summed E-state index contributed by atoms with van der Waals surface area (Å²) < 4.78 is 0. The molecule has 14 heavy (non-hydrogen) atoms. The minimum atomic E-state index is -0.834. The lowest BCUT2D eigenvalue weighted by Crippen LogP contribution is -2.48. The normalized spacial score (nSPS) is 23.3. The maximum Gasteiger partial charge on any atom is 0.304 e. The summed E-state index contributed by atoms with van der Waals surface area (Å²) in [6.45, 7) is 1.20. The van der Waals surface area contributed by atoms with Gasteiger partial charge in [-0.1, -0.05) is 6.42 Å². The highest BCUT2D eigenvalue weighted by Crippen LogP contribution is 2.16. The molecule has 0 bridgehead atoms. The van der Waals surface area contributed by atoms with Gasteiger partial charge in [-0.05, 0) is 19.4 Å². The Labute approximate surface area is 82.9 Å². The number of aliphatic carboxylic acids is 1. The zero-order valence-electron chi connectivity index (χ0n) is 8.11. The number of carbonyl (C=O) groups excluding carboxylic acids is 1. The van der Waals surface area contributed by atoms with Crippen molar-refractivity contribution in [2.75, 3.05) is 13.1 Å². The van der Waals surface area contributed by atoms with Crippen LogP contribution in [0.3, 0.4) is 0 Å². The summed E-state index contributed by atoms with van der Waals surface area (Å²) in [7, 11) is 0. The SMILES string of the molecule is NC(=O)C1CCCCN1CCC(=O)O. The molecule has 3 N–H and O–H groups in total. The Morgan fingerprint density at radius 3 is 2.71 bits per heavy atom. The number of hydrogen-bond donors (Lipinski definition) is 2. The molecule has 5 heteroatoms. The number of carbonyl (C=O) groups is 2. The molecule has 1 amide bonds. The van der Waals surface area contributed by atoms with Gasteiger partial charge < -0.3 is 10.8 Å². The molecule has 1 atom stereocenters. The number of rotatable bonds is 4. The first-order chi connectivity index (χ1) is 6.61. The van der Waals surface area contributed by atoms with Crippen LogP contribution in [0.2, 0.25) is 0 Å². The van der Waals surface area contributed by atoms with Gasteiger partial charge in [0.15, 0.2) is 0 Å². The van der Waals surface area contributed by atoms with Crippen LogP contribution in [0, 0.1) is 0 Å². The summed E-state index contributed by atoms with van der Waals surface area (Å²) in [6, 6.07) is -0.261. The number of carboxylic acids is 1. The first-order valence-corrected chi connectivity index (χ1v) is 4.86. The predicted molar refractivity (Wildman–Crippen MR) is 50.7 cm³/mol. The van der Waals surface area contributed by atoms with E-state index >= 15 is 0 Å². The van der Waals surface area contributed by atoms with Gasteiger partial charge in [-0.3, -0.25) is 14.5 Å². The van der Waals surface area contributed by atoms with Crippen LogP contribution >= 0.6 is 0 Å². The van der Waals surface area contributed by atoms with E-state index in [9.17, 15) is 9.59 Å². The Balaban J connectivity index is 2.45. The number of piperidine rings is 1. The molecule has 0 radical (unpaired) electrons. The van der Waals surface area contributed by atoms with Gasteiger partial charge >= 0.3 is 5.97 Å². The predicted octanol–water partition coefficient (Wildman–Crippen LogP) is -0.199. The zero-order valence-corrected chi connectivity index (χ0v) is 8.11. The van der Waals surface area contributed by atoms with Crippen LogP contribution in [0.25, 0.3) is 0 Å². The molecular formula is C9H16N2O3. The number of amides is 1. The van der Waals surface area contributed by atoms with Crippen molar-refractivity contribution in [3.63, 3.8) is 0 Å². The van der Waals surface area contributed by atoms with Crippen molar-refractivity contribution in [2.24, 2.45) is 5.73 Å². The van der Waals surface area contributed by atoms with Gasteiger partial charge in [0.2, 0.25) is 5.91 Å². The second kappa shape index (κ2) is 4.95. The highest BCUT2D eigenvalue weighted by molar-refractivity contribution is 5.80. The Bertz CT molecular complexity index is 230. The highest BCUT2D eigenvalue weighted by atomic mass is 16.4. The number of likely N-dealkylation sites (tertiary alicyclic amines) is 1. The van der Waals surface area contributed by atoms with Gasteiger partial charge in [0, 0.05) is 6.54 Å². The lowest BCUT2D eigenvalue weighted by atomic mass is 10.0. The summed E-state index contributed by atoms with van der Waals surface area (Å²) in [5.74, 6) is -1.17. The monoisotopic (exact) mass is 200 g/mol. The van der Waals surface area contributed by atoms with Gasteiger partial charge in [0.25, 0.3) is 0 Å². The van der Waals surface area contributed by atoms with E-state index in [1.165, 1.54) is 0 Å². The minimum absolute atomic E-state index is 0.0732. The van der Waals surface area contributed by atoms with Crippen molar-refractivity contribution in [3.05, 3.63) is 0 Å². The van der Waals surface area contributed by atoms with E-state index in [4.69, 9.17) is 10.8 Å². The summed E-state index contributed by atoms with van der Waals surface area (Å²) in [6.07, 6.45) is 2.85. The average Bonchev–Trinajstić information content (AvgIpc) is 2.15. The zero-order chi connectivity index (χ0) is 10.6. The molecule has 0 aliphatic carbocycles. The molecule has 1 aliphatic rings. The number of carboxylic acid groups (broad SMARTS) is 1. The van der Waals surface area contributed by atoms with E-state index in [1.54, 1.807) is 0 Å². The van der Waals surface area contributed by atoms with Crippen LogP contribution in [0.1, 0.15) is 25.7 Å². The summed E-state index contributed by atoms with van der Waals surface area (Å²) in [4.78, 5) is 23.3. The molecule has 0 aromatic heterocycles. The first-order valence-electron chi connectivity index (χ1n) is 4.86. The summed E-state index contributed by atoms with van der Waals surface area (Å²) in [5.41, 5.74) is 5.24. The quantitative estimate of drug-likeness (QED) is 0.658. The third-order valence-electron chi connectivity index (χ3n) is 2.55. The van der Waals surface area contributed by atoms with Crippen molar-refractivity contribution in [2.45, 2.75) is 31.7 Å². The number of hydrogen-bond acceptors (Lipinski definition) is 3. The van der Waals surface area contributed by atoms with E-state index in [0.29, 0.717) is 6.54 Å². The molecule has 80 valence electrons. The molecule has 1 unspecified atom stereocenters. The molecule has 1 fully saturated rings. The number of nitrogens with two attached hydrogens (primary N) is 1. The summed E-state index contributed by atoms with van der Waals surface area (Å²) in [5, 5.41) is 8.53. The van der Waals surface area contributed by atoms with Crippen molar-refractivity contribution in [1.29, 1.82) is 0 Å². The number of nitrogens with zero attached hydrogens (tertiary/aromatic N) is 1. The molecule has 1 rings (SSSR count). The van der Waals surface area contributed by atoms with E-state index < -0.39 is 5.97 Å². The minimum Gasteiger partial charge on any atom is -0.481 e. The average molecular weight is 200 g/mol. The molecule has 5 nitrogen and oxygen atoms in total.